The normalized spacial score (nSPS) is 11.1. The Morgan fingerprint density at radius 2 is 2.07 bits per heavy atom. The van der Waals surface area contributed by atoms with Crippen molar-refractivity contribution in [1.82, 2.24) is 9.55 Å². The van der Waals surface area contributed by atoms with Crippen LogP contribution in [0.25, 0.3) is 10.9 Å². The molecule has 0 saturated carbocycles. The molecule has 0 radical (unpaired) electrons. The van der Waals surface area contributed by atoms with Gasteiger partial charge in [0.1, 0.15) is 0 Å². The number of hydrogen-bond donors (Lipinski definition) is 0. The van der Waals surface area contributed by atoms with Crippen LogP contribution < -0.4 is 15.0 Å². The van der Waals surface area contributed by atoms with E-state index in [0.29, 0.717) is 33.4 Å². The number of hydrogen-bond acceptors (Lipinski definition) is 5. The zero-order valence-corrected chi connectivity index (χ0v) is 17.0. The summed E-state index contributed by atoms with van der Waals surface area (Å²) in [4.78, 5) is 17.4. The molecule has 152 valence electrons. The van der Waals surface area contributed by atoms with Gasteiger partial charge in [0.25, 0.3) is 5.56 Å². The molecule has 0 bridgehead atoms. The zero-order chi connectivity index (χ0) is 21.0. The molecule has 0 aliphatic rings. The lowest BCUT2D eigenvalue weighted by Gasteiger charge is -2.13. The molecule has 3 aromatic rings. The highest BCUT2D eigenvalue weighted by atomic mass is 35.5. The third-order valence-electron chi connectivity index (χ3n) is 4.01. The molecule has 2 aromatic carbocycles. The molecule has 1 aromatic heterocycles. The summed E-state index contributed by atoms with van der Waals surface area (Å²) in [6, 6.07) is 9.62. The van der Waals surface area contributed by atoms with Crippen LogP contribution in [0.2, 0.25) is 5.02 Å². The van der Waals surface area contributed by atoms with Crippen LogP contribution in [0.15, 0.2) is 59.0 Å². The van der Waals surface area contributed by atoms with Gasteiger partial charge in [0.2, 0.25) is 0 Å². The van der Waals surface area contributed by atoms with Gasteiger partial charge in [-0.05, 0) is 35.9 Å². The topological polar surface area (TPSA) is 53.4 Å². The molecule has 0 fully saturated rings. The van der Waals surface area contributed by atoms with Gasteiger partial charge in [-0.25, -0.2) is 4.98 Å². The molecular weight excluding hydrogens is 422 g/mol. The van der Waals surface area contributed by atoms with Crippen LogP contribution >= 0.6 is 23.4 Å². The highest BCUT2D eigenvalue weighted by molar-refractivity contribution is 7.98. The van der Waals surface area contributed by atoms with Crippen molar-refractivity contribution in [3.8, 4) is 11.5 Å². The fourth-order valence-corrected chi connectivity index (χ4v) is 3.83. The molecule has 0 saturated heterocycles. The number of halogens is 3. The Labute approximate surface area is 174 Å². The van der Waals surface area contributed by atoms with E-state index in [0.717, 1.165) is 5.56 Å². The first-order valence-corrected chi connectivity index (χ1v) is 9.84. The van der Waals surface area contributed by atoms with Crippen LogP contribution in [0.4, 0.5) is 8.78 Å². The monoisotopic (exact) mass is 438 g/mol. The lowest BCUT2D eigenvalue weighted by Crippen LogP contribution is -2.22. The van der Waals surface area contributed by atoms with Gasteiger partial charge in [0, 0.05) is 17.3 Å². The fraction of sp³-hybridized carbons (Fsp3) is 0.200. The SMILES string of the molecule is C=CCn1c(SCc2ccc(OC(F)F)c(OC)c2)nc2cc(Cl)ccc2c1=O. The summed E-state index contributed by atoms with van der Waals surface area (Å²) in [5.74, 6) is 0.587. The van der Waals surface area contributed by atoms with E-state index < -0.39 is 6.61 Å². The third-order valence-corrected chi connectivity index (χ3v) is 5.29. The molecule has 9 heteroatoms. The van der Waals surface area contributed by atoms with Crippen molar-refractivity contribution in [3.63, 3.8) is 0 Å². The zero-order valence-electron chi connectivity index (χ0n) is 15.4. The van der Waals surface area contributed by atoms with Gasteiger partial charge >= 0.3 is 6.61 Å². The van der Waals surface area contributed by atoms with Crippen molar-refractivity contribution < 1.29 is 18.3 Å². The van der Waals surface area contributed by atoms with Crippen LogP contribution in [-0.2, 0) is 12.3 Å². The second-order valence-corrected chi connectivity index (χ2v) is 7.29. The Hall–Kier alpha value is -2.58. The first kappa shape index (κ1) is 21.1. The molecule has 0 aliphatic carbocycles. The number of allylic oxidation sites excluding steroid dienone is 1. The number of rotatable bonds is 8. The van der Waals surface area contributed by atoms with Crippen molar-refractivity contribution in [2.45, 2.75) is 24.1 Å². The Bertz CT molecular complexity index is 1110. The van der Waals surface area contributed by atoms with E-state index in [2.05, 4.69) is 16.3 Å². The van der Waals surface area contributed by atoms with Gasteiger partial charge in [-0.1, -0.05) is 35.5 Å². The maximum Gasteiger partial charge on any atom is 0.387 e. The van der Waals surface area contributed by atoms with Crippen LogP contribution in [0.3, 0.4) is 0 Å². The van der Waals surface area contributed by atoms with E-state index in [9.17, 15) is 13.6 Å². The minimum atomic E-state index is -2.94. The molecule has 0 spiro atoms. The number of ether oxygens (including phenoxy) is 2. The second kappa shape index (κ2) is 9.28. The van der Waals surface area contributed by atoms with E-state index in [-0.39, 0.29) is 17.1 Å². The van der Waals surface area contributed by atoms with Crippen LogP contribution in [0, 0.1) is 0 Å². The number of aromatic nitrogens is 2. The Morgan fingerprint density at radius 3 is 2.76 bits per heavy atom. The predicted molar refractivity (Wildman–Crippen MR) is 110 cm³/mol. The number of alkyl halides is 2. The average Bonchev–Trinajstić information content (AvgIpc) is 2.69. The number of nitrogens with zero attached hydrogens (tertiary/aromatic N) is 2. The van der Waals surface area contributed by atoms with Gasteiger partial charge in [-0.15, -0.1) is 6.58 Å². The summed E-state index contributed by atoms with van der Waals surface area (Å²) in [5.41, 5.74) is 1.11. The van der Waals surface area contributed by atoms with Gasteiger partial charge in [0.05, 0.1) is 18.0 Å². The van der Waals surface area contributed by atoms with Crippen molar-refractivity contribution in [2.75, 3.05) is 7.11 Å². The van der Waals surface area contributed by atoms with E-state index in [1.54, 1.807) is 36.4 Å². The molecular formula is C20H17ClF2N2O3S. The van der Waals surface area contributed by atoms with Gasteiger partial charge in [-0.2, -0.15) is 8.78 Å². The molecule has 29 heavy (non-hydrogen) atoms. The largest absolute Gasteiger partial charge is 0.493 e. The first-order valence-electron chi connectivity index (χ1n) is 8.48. The van der Waals surface area contributed by atoms with Gasteiger partial charge in [-0.3, -0.25) is 9.36 Å². The molecule has 0 aliphatic heterocycles. The number of thioether (sulfide) groups is 1. The Kier molecular flexibility index (Phi) is 6.76. The van der Waals surface area contributed by atoms with Crippen molar-refractivity contribution >= 4 is 34.3 Å². The third kappa shape index (κ3) is 4.89. The highest BCUT2D eigenvalue weighted by Crippen LogP contribution is 2.32. The van der Waals surface area contributed by atoms with Crippen molar-refractivity contribution in [1.29, 1.82) is 0 Å². The lowest BCUT2D eigenvalue weighted by atomic mass is 10.2. The molecule has 0 amide bonds. The molecule has 0 atom stereocenters. The predicted octanol–water partition coefficient (Wildman–Crippen LogP) is 5.14. The van der Waals surface area contributed by atoms with Crippen molar-refractivity contribution in [2.24, 2.45) is 0 Å². The smallest absolute Gasteiger partial charge is 0.387 e. The maximum absolute atomic E-state index is 12.8. The first-order chi connectivity index (χ1) is 13.9. The average molecular weight is 439 g/mol. The minimum absolute atomic E-state index is 0.0433. The fourth-order valence-electron chi connectivity index (χ4n) is 2.72. The maximum atomic E-state index is 12.8. The summed E-state index contributed by atoms with van der Waals surface area (Å²) >= 11 is 7.36. The second-order valence-electron chi connectivity index (χ2n) is 5.91. The van der Waals surface area contributed by atoms with E-state index in [1.165, 1.54) is 29.5 Å². The number of methoxy groups -OCH3 is 1. The quantitative estimate of drug-likeness (QED) is 0.277. The molecule has 5 nitrogen and oxygen atoms in total. The lowest BCUT2D eigenvalue weighted by molar-refractivity contribution is -0.0512. The minimum Gasteiger partial charge on any atom is -0.493 e. The highest BCUT2D eigenvalue weighted by Gasteiger charge is 2.14. The molecule has 0 N–H and O–H groups in total. The standard InChI is InChI=1S/C20H17ClF2N2O3S/c1-3-8-25-18(26)14-6-5-13(21)10-15(14)24-20(25)29-11-12-4-7-16(28-19(22)23)17(9-12)27-2/h3-7,9-10,19H,1,8,11H2,2H3. The molecule has 3 rings (SSSR count). The number of fused-ring (bicyclic) bond motifs is 1. The summed E-state index contributed by atoms with van der Waals surface area (Å²) in [6.07, 6.45) is 1.62. The van der Waals surface area contributed by atoms with E-state index in [1.807, 2.05) is 0 Å². The van der Waals surface area contributed by atoms with Crippen LogP contribution in [-0.4, -0.2) is 23.3 Å². The Morgan fingerprint density at radius 1 is 1.28 bits per heavy atom. The summed E-state index contributed by atoms with van der Waals surface area (Å²) in [5, 5.41) is 1.45. The van der Waals surface area contributed by atoms with Crippen LogP contribution in [0.5, 0.6) is 11.5 Å². The molecule has 0 unspecified atom stereocenters. The summed E-state index contributed by atoms with van der Waals surface area (Å²) < 4.78 is 36.0. The number of benzene rings is 2. The van der Waals surface area contributed by atoms with Crippen LogP contribution in [0.1, 0.15) is 5.56 Å². The van der Waals surface area contributed by atoms with Gasteiger partial charge in [0.15, 0.2) is 16.7 Å². The van der Waals surface area contributed by atoms with E-state index >= 15 is 0 Å². The van der Waals surface area contributed by atoms with Gasteiger partial charge < -0.3 is 9.47 Å². The molecule has 1 heterocycles. The van der Waals surface area contributed by atoms with E-state index in [4.69, 9.17) is 16.3 Å². The summed E-state index contributed by atoms with van der Waals surface area (Å²) in [7, 11) is 1.38. The summed E-state index contributed by atoms with van der Waals surface area (Å²) in [6.45, 7) is 1.06. The Balaban J connectivity index is 1.92. The van der Waals surface area contributed by atoms with Crippen molar-refractivity contribution in [3.05, 3.63) is 70.0 Å².